The lowest BCUT2D eigenvalue weighted by Gasteiger charge is -2.27. The molecule has 0 aliphatic carbocycles. The van der Waals surface area contributed by atoms with Gasteiger partial charge in [-0.1, -0.05) is 0 Å². The molecule has 4 aromatic heterocycles. The van der Waals surface area contributed by atoms with Crippen molar-refractivity contribution in [3.8, 4) is 17.0 Å². The van der Waals surface area contributed by atoms with Crippen molar-refractivity contribution in [2.24, 2.45) is 7.05 Å². The van der Waals surface area contributed by atoms with Crippen LogP contribution in [0.3, 0.4) is 0 Å². The van der Waals surface area contributed by atoms with E-state index in [0.717, 1.165) is 41.2 Å². The van der Waals surface area contributed by atoms with Gasteiger partial charge in [-0.05, 0) is 32.0 Å². The maximum absolute atomic E-state index is 6.03. The van der Waals surface area contributed by atoms with Crippen LogP contribution in [0.25, 0.3) is 16.8 Å². The van der Waals surface area contributed by atoms with Gasteiger partial charge < -0.3 is 15.4 Å². The van der Waals surface area contributed by atoms with Gasteiger partial charge in [0.15, 0.2) is 11.6 Å². The summed E-state index contributed by atoms with van der Waals surface area (Å²) in [6.07, 6.45) is 8.28. The molecular weight excluding hydrogens is 368 g/mol. The van der Waals surface area contributed by atoms with E-state index >= 15 is 0 Å². The molecule has 5 rings (SSSR count). The second kappa shape index (κ2) is 7.17. The fourth-order valence-electron chi connectivity index (χ4n) is 3.32. The lowest BCUT2D eigenvalue weighted by molar-refractivity contribution is 0.218. The monoisotopic (exact) mass is 390 g/mol. The predicted molar refractivity (Wildman–Crippen MR) is 109 cm³/mol. The standard InChI is InChI=1S/C20H22N8O/c1-13-9-23-19(11-22-13)25-18-8-16-7-14(4-6-28(16)26-18)20-17(10-24-27(20)2)29-12-15-3-5-21-15/h4,6-11,15,21H,3,5,12H2,1-2H3,(H,23,25,26). The molecule has 0 spiro atoms. The van der Waals surface area contributed by atoms with Crippen molar-refractivity contribution in [2.45, 2.75) is 19.4 Å². The Labute approximate surface area is 167 Å². The zero-order valence-electron chi connectivity index (χ0n) is 16.3. The van der Waals surface area contributed by atoms with Crippen molar-refractivity contribution in [1.82, 2.24) is 34.7 Å². The highest BCUT2D eigenvalue weighted by Crippen LogP contribution is 2.31. The smallest absolute Gasteiger partial charge is 0.165 e. The van der Waals surface area contributed by atoms with E-state index in [1.54, 1.807) is 18.6 Å². The molecule has 148 valence electrons. The third kappa shape index (κ3) is 3.52. The first-order chi connectivity index (χ1) is 14.2. The lowest BCUT2D eigenvalue weighted by atomic mass is 10.1. The zero-order valence-corrected chi connectivity index (χ0v) is 16.3. The summed E-state index contributed by atoms with van der Waals surface area (Å²) in [4.78, 5) is 8.56. The SMILES string of the molecule is Cc1cnc(Nc2cc3cc(-c4c(OCC5CCN5)cnn4C)ccn3n2)cn1. The molecule has 5 heterocycles. The fraction of sp³-hybridized carbons (Fsp3) is 0.300. The normalized spacial score (nSPS) is 16.0. The molecule has 1 aliphatic rings. The summed E-state index contributed by atoms with van der Waals surface area (Å²) < 4.78 is 9.69. The highest BCUT2D eigenvalue weighted by Gasteiger charge is 2.19. The number of fused-ring (bicyclic) bond motifs is 1. The topological polar surface area (TPSA) is 94.2 Å². The van der Waals surface area contributed by atoms with Crippen LogP contribution in [0.15, 0.2) is 43.0 Å². The molecule has 0 bridgehead atoms. The number of ether oxygens (including phenoxy) is 1. The third-order valence-corrected chi connectivity index (χ3v) is 5.04. The molecule has 0 radical (unpaired) electrons. The molecule has 1 unspecified atom stereocenters. The molecule has 9 nitrogen and oxygen atoms in total. The van der Waals surface area contributed by atoms with Crippen molar-refractivity contribution in [1.29, 1.82) is 0 Å². The summed E-state index contributed by atoms with van der Waals surface area (Å²) in [5, 5.41) is 15.5. The number of hydrogen-bond acceptors (Lipinski definition) is 7. The molecule has 29 heavy (non-hydrogen) atoms. The van der Waals surface area contributed by atoms with Crippen LogP contribution in [0.2, 0.25) is 0 Å². The molecule has 1 aliphatic heterocycles. The minimum absolute atomic E-state index is 0.430. The van der Waals surface area contributed by atoms with Gasteiger partial charge in [0.1, 0.15) is 18.1 Å². The number of aromatic nitrogens is 6. The van der Waals surface area contributed by atoms with Crippen LogP contribution >= 0.6 is 0 Å². The van der Waals surface area contributed by atoms with Gasteiger partial charge in [-0.3, -0.25) is 9.67 Å². The Bertz CT molecular complexity index is 1140. The summed E-state index contributed by atoms with van der Waals surface area (Å²) in [6.45, 7) is 3.62. The maximum atomic E-state index is 6.03. The summed E-state index contributed by atoms with van der Waals surface area (Å²) in [5.41, 5.74) is 3.80. The van der Waals surface area contributed by atoms with Crippen LogP contribution in [-0.2, 0) is 7.05 Å². The van der Waals surface area contributed by atoms with E-state index in [4.69, 9.17) is 4.74 Å². The van der Waals surface area contributed by atoms with Crippen molar-refractivity contribution in [2.75, 3.05) is 18.5 Å². The molecule has 0 amide bonds. The van der Waals surface area contributed by atoms with Gasteiger partial charge >= 0.3 is 0 Å². The van der Waals surface area contributed by atoms with E-state index < -0.39 is 0 Å². The van der Waals surface area contributed by atoms with Crippen LogP contribution in [0.4, 0.5) is 11.6 Å². The Morgan fingerprint density at radius 2 is 2.10 bits per heavy atom. The van der Waals surface area contributed by atoms with Crippen molar-refractivity contribution < 1.29 is 4.74 Å². The van der Waals surface area contributed by atoms with E-state index in [-0.39, 0.29) is 0 Å². The highest BCUT2D eigenvalue weighted by atomic mass is 16.5. The van der Waals surface area contributed by atoms with Gasteiger partial charge in [-0.2, -0.15) is 10.2 Å². The van der Waals surface area contributed by atoms with Gasteiger partial charge in [0.25, 0.3) is 0 Å². The van der Waals surface area contributed by atoms with Crippen molar-refractivity contribution in [3.05, 3.63) is 48.7 Å². The number of rotatable bonds is 6. The largest absolute Gasteiger partial charge is 0.488 e. The summed E-state index contributed by atoms with van der Waals surface area (Å²) >= 11 is 0. The van der Waals surface area contributed by atoms with Crippen LogP contribution in [0.5, 0.6) is 5.75 Å². The molecule has 1 saturated heterocycles. The molecule has 2 N–H and O–H groups in total. The first-order valence-electron chi connectivity index (χ1n) is 9.59. The first kappa shape index (κ1) is 17.6. The Kier molecular flexibility index (Phi) is 4.36. The van der Waals surface area contributed by atoms with E-state index in [0.29, 0.717) is 24.3 Å². The highest BCUT2D eigenvalue weighted by molar-refractivity contribution is 5.72. The van der Waals surface area contributed by atoms with Crippen LogP contribution in [-0.4, -0.2) is 48.6 Å². The Hall–Kier alpha value is -3.46. The molecule has 1 atom stereocenters. The molecule has 4 aromatic rings. The summed E-state index contributed by atoms with van der Waals surface area (Å²) in [7, 11) is 1.92. The molecule has 0 aromatic carbocycles. The predicted octanol–water partition coefficient (Wildman–Crippen LogP) is 2.32. The number of nitrogens with one attached hydrogen (secondary N) is 2. The Morgan fingerprint density at radius 1 is 1.21 bits per heavy atom. The zero-order chi connectivity index (χ0) is 19.8. The van der Waals surface area contributed by atoms with Crippen molar-refractivity contribution in [3.63, 3.8) is 0 Å². The Balaban J connectivity index is 1.41. The third-order valence-electron chi connectivity index (χ3n) is 5.04. The quantitative estimate of drug-likeness (QED) is 0.522. The van der Waals surface area contributed by atoms with Gasteiger partial charge in [0.05, 0.1) is 29.8 Å². The first-order valence-corrected chi connectivity index (χ1v) is 9.59. The lowest BCUT2D eigenvalue weighted by Crippen LogP contribution is -2.46. The van der Waals surface area contributed by atoms with Crippen LogP contribution in [0.1, 0.15) is 12.1 Å². The molecule has 9 heteroatoms. The Morgan fingerprint density at radius 3 is 2.86 bits per heavy atom. The van der Waals surface area contributed by atoms with Gasteiger partial charge in [0, 0.05) is 30.9 Å². The van der Waals surface area contributed by atoms with Gasteiger partial charge in [-0.15, -0.1) is 0 Å². The van der Waals surface area contributed by atoms with E-state index in [1.807, 2.05) is 41.5 Å². The summed E-state index contributed by atoms with van der Waals surface area (Å²) in [5.74, 6) is 2.15. The maximum Gasteiger partial charge on any atom is 0.165 e. The fourth-order valence-corrected chi connectivity index (χ4v) is 3.32. The van der Waals surface area contributed by atoms with Crippen molar-refractivity contribution >= 4 is 17.2 Å². The second-order valence-corrected chi connectivity index (χ2v) is 7.21. The van der Waals surface area contributed by atoms with Crippen LogP contribution in [0, 0.1) is 6.92 Å². The number of nitrogens with zero attached hydrogens (tertiary/aromatic N) is 6. The number of pyridine rings is 1. The number of aryl methyl sites for hydroxylation is 2. The van der Waals surface area contributed by atoms with E-state index in [1.165, 1.54) is 0 Å². The average molecular weight is 390 g/mol. The van der Waals surface area contributed by atoms with E-state index in [9.17, 15) is 0 Å². The van der Waals surface area contributed by atoms with Gasteiger partial charge in [-0.25, -0.2) is 9.50 Å². The number of hydrogen-bond donors (Lipinski definition) is 2. The average Bonchev–Trinajstić information content (AvgIpc) is 3.24. The summed E-state index contributed by atoms with van der Waals surface area (Å²) in [6, 6.07) is 6.49. The molecular formula is C20H22N8O. The van der Waals surface area contributed by atoms with E-state index in [2.05, 4.69) is 36.9 Å². The minimum Gasteiger partial charge on any atom is -0.488 e. The number of anilines is 2. The van der Waals surface area contributed by atoms with Crippen LogP contribution < -0.4 is 15.4 Å². The minimum atomic E-state index is 0.430. The molecule has 0 saturated carbocycles. The molecule has 1 fully saturated rings. The van der Waals surface area contributed by atoms with Gasteiger partial charge in [0.2, 0.25) is 0 Å². The second-order valence-electron chi connectivity index (χ2n) is 7.21.